The Kier molecular flexibility index (Phi) is 3.48. The van der Waals surface area contributed by atoms with E-state index in [-0.39, 0.29) is 10.6 Å². The molecule has 15 heavy (non-hydrogen) atoms. The number of rotatable bonds is 3. The Labute approximate surface area is 93.4 Å². The topological polar surface area (TPSA) is 89.6 Å². The van der Waals surface area contributed by atoms with Crippen LogP contribution in [0.25, 0.3) is 0 Å². The molecule has 0 amide bonds. The molecule has 0 aliphatic heterocycles. The average Bonchev–Trinajstić information content (AvgIpc) is 2.15. The highest BCUT2D eigenvalue weighted by molar-refractivity contribution is 7.86. The molecule has 0 heterocycles. The van der Waals surface area contributed by atoms with Crippen LogP contribution >= 0.6 is 12.6 Å². The molecule has 1 rings (SSSR count). The summed E-state index contributed by atoms with van der Waals surface area (Å²) in [5, 5.41) is 0. The van der Waals surface area contributed by atoms with Gasteiger partial charge < -0.3 is 10.5 Å². The van der Waals surface area contributed by atoms with Crippen LogP contribution < -0.4 is 10.5 Å². The number of hydrogen-bond donors (Lipinski definition) is 3. The largest absolute Gasteiger partial charge is 0.496 e. The Balaban J connectivity index is 3.46. The second-order valence-corrected chi connectivity index (χ2v) is 4.54. The summed E-state index contributed by atoms with van der Waals surface area (Å²) in [5.41, 5.74) is 6.11. The number of nitrogen functional groups attached to an aromatic ring is 1. The number of methoxy groups -OCH3 is 1. The van der Waals surface area contributed by atoms with E-state index in [0.717, 1.165) is 0 Å². The van der Waals surface area contributed by atoms with Gasteiger partial charge in [0.2, 0.25) is 0 Å². The van der Waals surface area contributed by atoms with Crippen molar-refractivity contribution in [2.45, 2.75) is 10.6 Å². The Hall–Kier alpha value is -0.920. The smallest absolute Gasteiger partial charge is 0.296 e. The summed E-state index contributed by atoms with van der Waals surface area (Å²) in [7, 11) is -2.93. The fraction of sp³-hybridized carbons (Fsp3) is 0.250. The van der Waals surface area contributed by atoms with Gasteiger partial charge >= 0.3 is 0 Å². The molecular formula is C8H11NO4S2. The highest BCUT2D eigenvalue weighted by atomic mass is 32.2. The van der Waals surface area contributed by atoms with Gasteiger partial charge in [-0.05, 0) is 6.07 Å². The molecule has 0 bridgehead atoms. The van der Waals surface area contributed by atoms with Crippen molar-refractivity contribution in [2.75, 3.05) is 12.8 Å². The maximum atomic E-state index is 10.9. The van der Waals surface area contributed by atoms with Crippen LogP contribution in [0, 0.1) is 0 Å². The van der Waals surface area contributed by atoms with Crippen molar-refractivity contribution in [2.24, 2.45) is 0 Å². The van der Waals surface area contributed by atoms with Gasteiger partial charge in [-0.1, -0.05) is 0 Å². The standard InChI is InChI=1S/C8H11NO4S2/c1-13-7-3-8(15(10,11)12)6(9)2-5(7)4-14/h2-3,14H,4,9H2,1H3,(H,10,11,12). The summed E-state index contributed by atoms with van der Waals surface area (Å²) in [4.78, 5) is -0.357. The highest BCUT2D eigenvalue weighted by Gasteiger charge is 2.17. The number of nitrogens with two attached hydrogens (primary N) is 1. The fourth-order valence-electron chi connectivity index (χ4n) is 1.16. The van der Waals surface area contributed by atoms with Crippen molar-refractivity contribution in [1.82, 2.24) is 0 Å². The van der Waals surface area contributed by atoms with Crippen LogP contribution in [0.2, 0.25) is 0 Å². The molecule has 0 fully saturated rings. The second-order valence-electron chi connectivity index (χ2n) is 2.84. The van der Waals surface area contributed by atoms with E-state index < -0.39 is 10.1 Å². The predicted octanol–water partition coefficient (Wildman–Crippen LogP) is 0.954. The second kappa shape index (κ2) is 4.30. The van der Waals surface area contributed by atoms with E-state index >= 15 is 0 Å². The van der Waals surface area contributed by atoms with Crippen LogP contribution in [0.5, 0.6) is 5.75 Å². The molecule has 0 saturated carbocycles. The lowest BCUT2D eigenvalue weighted by atomic mass is 10.2. The van der Waals surface area contributed by atoms with E-state index in [2.05, 4.69) is 12.6 Å². The maximum absolute atomic E-state index is 10.9. The first-order valence-corrected chi connectivity index (χ1v) is 6.02. The quantitative estimate of drug-likeness (QED) is 0.421. The molecule has 0 radical (unpaired) electrons. The summed E-state index contributed by atoms with van der Waals surface area (Å²) < 4.78 is 35.7. The molecule has 0 saturated heterocycles. The Morgan fingerprint density at radius 2 is 2.13 bits per heavy atom. The van der Waals surface area contributed by atoms with Gasteiger partial charge in [0.05, 0.1) is 12.8 Å². The van der Waals surface area contributed by atoms with E-state index in [4.69, 9.17) is 15.0 Å². The van der Waals surface area contributed by atoms with Gasteiger partial charge in [0.1, 0.15) is 10.6 Å². The molecule has 0 aromatic heterocycles. The molecule has 1 aromatic rings. The molecule has 3 N–H and O–H groups in total. The number of benzene rings is 1. The van der Waals surface area contributed by atoms with E-state index in [1.54, 1.807) is 0 Å². The Morgan fingerprint density at radius 3 is 2.53 bits per heavy atom. The third-order valence-corrected chi connectivity index (χ3v) is 3.11. The third-order valence-electron chi connectivity index (χ3n) is 1.86. The normalized spacial score (nSPS) is 11.4. The zero-order valence-corrected chi connectivity index (χ0v) is 9.68. The fourth-order valence-corrected chi connectivity index (χ4v) is 2.02. The van der Waals surface area contributed by atoms with E-state index in [9.17, 15) is 8.42 Å². The van der Waals surface area contributed by atoms with Crippen LogP contribution in [-0.4, -0.2) is 20.1 Å². The Morgan fingerprint density at radius 1 is 1.53 bits per heavy atom. The van der Waals surface area contributed by atoms with Crippen LogP contribution in [0.15, 0.2) is 17.0 Å². The van der Waals surface area contributed by atoms with E-state index in [1.165, 1.54) is 19.2 Å². The molecule has 0 spiro atoms. The SMILES string of the molecule is COc1cc(S(=O)(=O)O)c(N)cc1CS. The lowest BCUT2D eigenvalue weighted by molar-refractivity contribution is 0.409. The minimum atomic E-state index is -4.32. The summed E-state index contributed by atoms with van der Waals surface area (Å²) >= 11 is 4.04. The summed E-state index contributed by atoms with van der Waals surface area (Å²) in [6.07, 6.45) is 0. The number of anilines is 1. The zero-order valence-electron chi connectivity index (χ0n) is 7.97. The monoisotopic (exact) mass is 249 g/mol. The molecule has 0 atom stereocenters. The number of thiol groups is 1. The molecule has 1 aromatic carbocycles. The van der Waals surface area contributed by atoms with Crippen molar-refractivity contribution in [3.63, 3.8) is 0 Å². The zero-order chi connectivity index (χ0) is 11.6. The molecule has 0 aliphatic carbocycles. The Bertz CT molecular complexity index is 470. The van der Waals surface area contributed by atoms with Crippen molar-refractivity contribution in [3.8, 4) is 5.75 Å². The van der Waals surface area contributed by atoms with Crippen molar-refractivity contribution < 1.29 is 17.7 Å². The summed E-state index contributed by atoms with van der Waals surface area (Å²) in [6, 6.07) is 2.59. The molecule has 84 valence electrons. The van der Waals surface area contributed by atoms with Gasteiger partial charge in [-0.25, -0.2) is 0 Å². The maximum Gasteiger partial charge on any atom is 0.296 e. The van der Waals surface area contributed by atoms with Gasteiger partial charge in [-0.3, -0.25) is 4.55 Å². The van der Waals surface area contributed by atoms with Crippen LogP contribution in [0.1, 0.15) is 5.56 Å². The summed E-state index contributed by atoms with van der Waals surface area (Å²) in [5.74, 6) is 0.686. The van der Waals surface area contributed by atoms with E-state index in [0.29, 0.717) is 17.1 Å². The third kappa shape index (κ3) is 2.55. The van der Waals surface area contributed by atoms with Gasteiger partial charge in [0.25, 0.3) is 10.1 Å². The highest BCUT2D eigenvalue weighted by Crippen LogP contribution is 2.29. The molecule has 0 unspecified atom stereocenters. The molecule has 7 heteroatoms. The van der Waals surface area contributed by atoms with Gasteiger partial charge in [-0.2, -0.15) is 21.0 Å². The van der Waals surface area contributed by atoms with E-state index in [1.807, 2.05) is 0 Å². The predicted molar refractivity (Wildman–Crippen MR) is 59.9 cm³/mol. The first-order chi connectivity index (χ1) is 6.90. The average molecular weight is 249 g/mol. The number of ether oxygens (including phenoxy) is 1. The van der Waals surface area contributed by atoms with Gasteiger partial charge in [0, 0.05) is 17.4 Å². The molecular weight excluding hydrogens is 238 g/mol. The molecule has 5 nitrogen and oxygen atoms in total. The van der Waals surface area contributed by atoms with Gasteiger partial charge in [-0.15, -0.1) is 0 Å². The van der Waals surface area contributed by atoms with Crippen molar-refractivity contribution >= 4 is 28.4 Å². The van der Waals surface area contributed by atoms with Crippen LogP contribution in [0.3, 0.4) is 0 Å². The van der Waals surface area contributed by atoms with Crippen molar-refractivity contribution in [3.05, 3.63) is 17.7 Å². The lowest BCUT2D eigenvalue weighted by Crippen LogP contribution is -2.05. The number of hydrogen-bond acceptors (Lipinski definition) is 5. The summed E-state index contributed by atoms with van der Waals surface area (Å²) in [6.45, 7) is 0. The molecule has 0 aliphatic rings. The minimum Gasteiger partial charge on any atom is -0.496 e. The van der Waals surface area contributed by atoms with Crippen molar-refractivity contribution in [1.29, 1.82) is 0 Å². The van der Waals surface area contributed by atoms with Crippen LogP contribution in [-0.2, 0) is 15.9 Å². The minimum absolute atomic E-state index is 0.0256. The van der Waals surface area contributed by atoms with Gasteiger partial charge in [0.15, 0.2) is 0 Å². The lowest BCUT2D eigenvalue weighted by Gasteiger charge is -2.10. The van der Waals surface area contributed by atoms with Crippen LogP contribution in [0.4, 0.5) is 5.69 Å². The first kappa shape index (κ1) is 12.2. The first-order valence-electron chi connectivity index (χ1n) is 3.95.